The number of para-hydroxylation sites is 1. The Morgan fingerprint density at radius 3 is 2.67 bits per heavy atom. The highest BCUT2D eigenvalue weighted by Gasteiger charge is 2.13. The molecule has 2 nitrogen and oxygen atoms in total. The third kappa shape index (κ3) is 4.61. The van der Waals surface area contributed by atoms with Crippen LogP contribution >= 0.6 is 0 Å². The first-order valence-electron chi connectivity index (χ1n) is 7.66. The molecule has 0 spiro atoms. The fourth-order valence-electron chi connectivity index (χ4n) is 2.43. The van der Waals surface area contributed by atoms with Gasteiger partial charge in [0.15, 0.2) is 0 Å². The summed E-state index contributed by atoms with van der Waals surface area (Å²) in [5.74, 6) is 0.802. The van der Waals surface area contributed by atoms with Gasteiger partial charge in [-0.2, -0.15) is 0 Å². The molecular formula is C19H24O2. The first-order chi connectivity index (χ1) is 10.2. The van der Waals surface area contributed by atoms with Gasteiger partial charge in [-0.25, -0.2) is 0 Å². The van der Waals surface area contributed by atoms with E-state index < -0.39 is 6.10 Å². The van der Waals surface area contributed by atoms with Gasteiger partial charge in [-0.3, -0.25) is 0 Å². The van der Waals surface area contributed by atoms with Gasteiger partial charge in [-0.15, -0.1) is 0 Å². The van der Waals surface area contributed by atoms with Crippen LogP contribution in [-0.4, -0.2) is 11.7 Å². The summed E-state index contributed by atoms with van der Waals surface area (Å²) < 4.78 is 5.72. The van der Waals surface area contributed by atoms with Crippen molar-refractivity contribution in [3.05, 3.63) is 65.2 Å². The van der Waals surface area contributed by atoms with Crippen LogP contribution in [0.1, 0.15) is 42.6 Å². The lowest BCUT2D eigenvalue weighted by Gasteiger charge is -2.16. The minimum absolute atomic E-state index is 0.487. The minimum atomic E-state index is -0.487. The van der Waals surface area contributed by atoms with Gasteiger partial charge in [0, 0.05) is 5.56 Å². The number of rotatable bonds is 7. The van der Waals surface area contributed by atoms with Crippen LogP contribution in [0.15, 0.2) is 48.5 Å². The van der Waals surface area contributed by atoms with Crippen molar-refractivity contribution in [3.8, 4) is 5.75 Å². The molecule has 2 heteroatoms. The van der Waals surface area contributed by atoms with E-state index in [4.69, 9.17) is 4.74 Å². The molecule has 0 aliphatic rings. The fraction of sp³-hybridized carbons (Fsp3) is 0.368. The number of aliphatic hydroxyl groups excluding tert-OH is 1. The molecule has 1 unspecified atom stereocenters. The molecule has 0 aromatic heterocycles. The zero-order valence-corrected chi connectivity index (χ0v) is 12.9. The highest BCUT2D eigenvalue weighted by atomic mass is 16.5. The molecule has 1 N–H and O–H groups in total. The molecule has 21 heavy (non-hydrogen) atoms. The molecule has 0 saturated carbocycles. The summed E-state index contributed by atoms with van der Waals surface area (Å²) in [6.07, 6.45) is 2.05. The molecule has 0 fully saturated rings. The van der Waals surface area contributed by atoms with Crippen molar-refractivity contribution in [2.75, 3.05) is 6.61 Å². The second kappa shape index (κ2) is 7.84. The van der Waals surface area contributed by atoms with E-state index in [1.807, 2.05) is 24.3 Å². The Hall–Kier alpha value is -1.80. The molecular weight excluding hydrogens is 260 g/mol. The summed E-state index contributed by atoms with van der Waals surface area (Å²) in [7, 11) is 0. The lowest BCUT2D eigenvalue weighted by atomic mass is 10.00. The van der Waals surface area contributed by atoms with Gasteiger partial charge in [-0.05, 0) is 37.8 Å². The van der Waals surface area contributed by atoms with E-state index in [9.17, 15) is 5.11 Å². The van der Waals surface area contributed by atoms with E-state index in [0.717, 1.165) is 24.2 Å². The lowest BCUT2D eigenvalue weighted by Crippen LogP contribution is -2.04. The highest BCUT2D eigenvalue weighted by molar-refractivity contribution is 5.35. The molecule has 0 radical (unpaired) electrons. The largest absolute Gasteiger partial charge is 0.493 e. The molecule has 0 bridgehead atoms. The summed E-state index contributed by atoms with van der Waals surface area (Å²) in [5, 5.41) is 10.5. The molecule has 1 atom stereocenters. The summed E-state index contributed by atoms with van der Waals surface area (Å²) in [4.78, 5) is 0. The Labute approximate surface area is 127 Å². The molecule has 2 rings (SSSR count). The fourth-order valence-corrected chi connectivity index (χ4v) is 2.43. The summed E-state index contributed by atoms with van der Waals surface area (Å²) in [6, 6.07) is 16.2. The number of hydrogen-bond acceptors (Lipinski definition) is 2. The summed E-state index contributed by atoms with van der Waals surface area (Å²) in [5.41, 5.74) is 3.41. The van der Waals surface area contributed by atoms with Crippen LogP contribution < -0.4 is 4.74 Å². The third-order valence-electron chi connectivity index (χ3n) is 3.53. The van der Waals surface area contributed by atoms with E-state index >= 15 is 0 Å². The quantitative estimate of drug-likeness (QED) is 0.814. The summed E-state index contributed by atoms with van der Waals surface area (Å²) in [6.45, 7) is 4.85. The highest BCUT2D eigenvalue weighted by Crippen LogP contribution is 2.28. The van der Waals surface area contributed by atoms with Crippen molar-refractivity contribution in [2.24, 2.45) is 0 Å². The molecule has 2 aromatic carbocycles. The van der Waals surface area contributed by atoms with E-state index in [-0.39, 0.29) is 0 Å². The average molecular weight is 284 g/mol. The van der Waals surface area contributed by atoms with Crippen LogP contribution in [0.25, 0.3) is 0 Å². The molecule has 0 aliphatic carbocycles. The molecule has 0 amide bonds. The number of aliphatic hydroxyl groups is 1. The maximum atomic E-state index is 10.5. The van der Waals surface area contributed by atoms with Gasteiger partial charge in [0.25, 0.3) is 0 Å². The first kappa shape index (κ1) is 15.6. The van der Waals surface area contributed by atoms with E-state index in [1.54, 1.807) is 0 Å². The summed E-state index contributed by atoms with van der Waals surface area (Å²) >= 11 is 0. The molecule has 0 saturated heterocycles. The zero-order chi connectivity index (χ0) is 15.1. The maximum absolute atomic E-state index is 10.5. The van der Waals surface area contributed by atoms with E-state index in [1.165, 1.54) is 11.1 Å². The van der Waals surface area contributed by atoms with Crippen molar-refractivity contribution in [1.82, 2.24) is 0 Å². The molecule has 0 heterocycles. The number of benzene rings is 2. The molecule has 2 aromatic rings. The maximum Gasteiger partial charge on any atom is 0.125 e. The van der Waals surface area contributed by atoms with Crippen LogP contribution in [0.4, 0.5) is 0 Å². The van der Waals surface area contributed by atoms with Crippen molar-refractivity contribution in [3.63, 3.8) is 0 Å². The normalized spacial score (nSPS) is 12.1. The Morgan fingerprint density at radius 1 is 1.10 bits per heavy atom. The first-order valence-corrected chi connectivity index (χ1v) is 7.66. The number of hydrogen-bond donors (Lipinski definition) is 1. The SMILES string of the molecule is CCCOc1ccccc1C(O)CCc1cccc(C)c1. The Kier molecular flexibility index (Phi) is 5.82. The minimum Gasteiger partial charge on any atom is -0.493 e. The van der Waals surface area contributed by atoms with E-state index in [0.29, 0.717) is 13.0 Å². The Balaban J connectivity index is 2.01. The second-order valence-electron chi connectivity index (χ2n) is 5.43. The smallest absolute Gasteiger partial charge is 0.125 e. The van der Waals surface area contributed by atoms with Gasteiger partial charge in [-0.1, -0.05) is 55.0 Å². The molecule has 112 valence electrons. The Morgan fingerprint density at radius 2 is 1.90 bits per heavy atom. The van der Waals surface area contributed by atoms with Crippen LogP contribution in [0.5, 0.6) is 5.75 Å². The van der Waals surface area contributed by atoms with Gasteiger partial charge < -0.3 is 9.84 Å². The van der Waals surface area contributed by atoms with Crippen molar-refractivity contribution >= 4 is 0 Å². The van der Waals surface area contributed by atoms with Gasteiger partial charge in [0.2, 0.25) is 0 Å². The van der Waals surface area contributed by atoms with Crippen LogP contribution in [0.2, 0.25) is 0 Å². The van der Waals surface area contributed by atoms with Gasteiger partial charge in [0.1, 0.15) is 5.75 Å². The number of aryl methyl sites for hydroxylation is 2. The van der Waals surface area contributed by atoms with Crippen LogP contribution in [-0.2, 0) is 6.42 Å². The van der Waals surface area contributed by atoms with Gasteiger partial charge >= 0.3 is 0 Å². The zero-order valence-electron chi connectivity index (χ0n) is 12.9. The average Bonchev–Trinajstić information content (AvgIpc) is 2.51. The van der Waals surface area contributed by atoms with Crippen molar-refractivity contribution in [1.29, 1.82) is 0 Å². The van der Waals surface area contributed by atoms with Crippen molar-refractivity contribution < 1.29 is 9.84 Å². The van der Waals surface area contributed by atoms with Crippen molar-refractivity contribution in [2.45, 2.75) is 39.2 Å². The third-order valence-corrected chi connectivity index (χ3v) is 3.53. The Bertz CT molecular complexity index is 563. The van der Waals surface area contributed by atoms with Crippen LogP contribution in [0, 0.1) is 6.92 Å². The lowest BCUT2D eigenvalue weighted by molar-refractivity contribution is 0.161. The predicted octanol–water partition coefficient (Wildman–Crippen LogP) is 4.45. The predicted molar refractivity (Wildman–Crippen MR) is 86.7 cm³/mol. The van der Waals surface area contributed by atoms with Crippen LogP contribution in [0.3, 0.4) is 0 Å². The molecule has 0 aliphatic heterocycles. The second-order valence-corrected chi connectivity index (χ2v) is 5.43. The monoisotopic (exact) mass is 284 g/mol. The van der Waals surface area contributed by atoms with E-state index in [2.05, 4.69) is 38.1 Å². The number of ether oxygens (including phenoxy) is 1. The van der Waals surface area contributed by atoms with Gasteiger partial charge in [0.05, 0.1) is 12.7 Å². The topological polar surface area (TPSA) is 29.5 Å². The standard InChI is InChI=1S/C19H24O2/c1-3-13-21-19-10-5-4-9-17(19)18(20)12-11-16-8-6-7-15(2)14-16/h4-10,14,18,20H,3,11-13H2,1-2H3.